The molecule has 2 aromatic rings. The predicted molar refractivity (Wildman–Crippen MR) is 94.1 cm³/mol. The van der Waals surface area contributed by atoms with Crippen LogP contribution >= 0.6 is 11.6 Å². The number of anilines is 4. The van der Waals surface area contributed by atoms with E-state index >= 15 is 0 Å². The topological polar surface area (TPSA) is 67.1 Å². The maximum Gasteiger partial charge on any atom is 0.159 e. The van der Waals surface area contributed by atoms with Crippen LogP contribution in [0, 0.1) is 6.92 Å². The van der Waals surface area contributed by atoms with Crippen LogP contribution in [-0.2, 0) is 0 Å². The third-order valence-corrected chi connectivity index (χ3v) is 3.75. The van der Waals surface area contributed by atoms with Crippen molar-refractivity contribution in [1.82, 2.24) is 9.97 Å². The monoisotopic (exact) mass is 319 g/mol. The summed E-state index contributed by atoms with van der Waals surface area (Å²) in [4.78, 5) is 10.6. The van der Waals surface area contributed by atoms with E-state index in [1.54, 1.807) is 0 Å². The van der Waals surface area contributed by atoms with Crippen LogP contribution in [0.2, 0.25) is 5.02 Å². The predicted octanol–water partition coefficient (Wildman–Crippen LogP) is 4.00. The maximum absolute atomic E-state index is 6.23. The maximum atomic E-state index is 6.23. The van der Waals surface area contributed by atoms with Crippen molar-refractivity contribution in [3.63, 3.8) is 0 Å². The van der Waals surface area contributed by atoms with Gasteiger partial charge in [-0.05, 0) is 37.1 Å². The van der Waals surface area contributed by atoms with Gasteiger partial charge >= 0.3 is 0 Å². The van der Waals surface area contributed by atoms with Gasteiger partial charge in [0.15, 0.2) is 11.6 Å². The first kappa shape index (κ1) is 16.4. The summed E-state index contributed by atoms with van der Waals surface area (Å²) in [6.45, 7) is 5.06. The summed E-state index contributed by atoms with van der Waals surface area (Å²) >= 11 is 5.98. The Labute approximate surface area is 136 Å². The summed E-state index contributed by atoms with van der Waals surface area (Å²) in [7, 11) is 1.99. The van der Waals surface area contributed by atoms with Gasteiger partial charge in [0.1, 0.15) is 12.0 Å². The summed E-state index contributed by atoms with van der Waals surface area (Å²) < 4.78 is 0. The lowest BCUT2D eigenvalue weighted by molar-refractivity contribution is 0.759. The number of nitrogen functional groups attached to an aromatic ring is 1. The van der Waals surface area contributed by atoms with Crippen LogP contribution in [0.4, 0.5) is 23.0 Å². The minimum atomic E-state index is 0.551. The number of hydrogen-bond acceptors (Lipinski definition) is 5. The lowest BCUT2D eigenvalue weighted by Crippen LogP contribution is -2.21. The zero-order valence-corrected chi connectivity index (χ0v) is 14.0. The van der Waals surface area contributed by atoms with Crippen LogP contribution in [0.5, 0.6) is 0 Å². The standard InChI is InChI=1S/C16H22ClN5/c1-4-5-8-22(3)16-14(18)15(19-10-20-16)21-13-7-6-12(17)9-11(13)2/h6-7,9-10H,4-5,8,18H2,1-3H3,(H,19,20,21). The molecule has 0 aliphatic carbocycles. The van der Waals surface area contributed by atoms with Gasteiger partial charge in [0.25, 0.3) is 0 Å². The molecule has 0 radical (unpaired) electrons. The highest BCUT2D eigenvalue weighted by atomic mass is 35.5. The molecule has 0 spiro atoms. The molecule has 22 heavy (non-hydrogen) atoms. The highest BCUT2D eigenvalue weighted by molar-refractivity contribution is 6.30. The molecule has 0 atom stereocenters. The van der Waals surface area contributed by atoms with E-state index in [0.717, 1.165) is 36.5 Å². The summed E-state index contributed by atoms with van der Waals surface area (Å²) in [5.41, 5.74) is 8.74. The second kappa shape index (κ2) is 7.31. The van der Waals surface area contributed by atoms with Gasteiger partial charge in [-0.1, -0.05) is 24.9 Å². The zero-order valence-electron chi connectivity index (χ0n) is 13.2. The summed E-state index contributed by atoms with van der Waals surface area (Å²) in [5, 5.41) is 3.96. The van der Waals surface area contributed by atoms with Crippen LogP contribution in [0.15, 0.2) is 24.5 Å². The van der Waals surface area contributed by atoms with Gasteiger partial charge in [0.2, 0.25) is 0 Å². The van der Waals surface area contributed by atoms with Crippen LogP contribution in [-0.4, -0.2) is 23.6 Å². The molecular formula is C16H22ClN5. The Morgan fingerprint density at radius 3 is 2.77 bits per heavy atom. The van der Waals surface area contributed by atoms with Gasteiger partial charge < -0.3 is 16.0 Å². The Balaban J connectivity index is 2.25. The van der Waals surface area contributed by atoms with Gasteiger partial charge in [0, 0.05) is 24.3 Å². The summed E-state index contributed by atoms with van der Waals surface area (Å²) in [5.74, 6) is 1.36. The fraction of sp³-hybridized carbons (Fsp3) is 0.375. The normalized spacial score (nSPS) is 10.5. The molecule has 0 saturated carbocycles. The zero-order chi connectivity index (χ0) is 16.1. The number of unbranched alkanes of at least 4 members (excludes halogenated alkanes) is 1. The van der Waals surface area contributed by atoms with E-state index in [2.05, 4.69) is 27.1 Å². The fourth-order valence-corrected chi connectivity index (χ4v) is 2.41. The van der Waals surface area contributed by atoms with E-state index in [1.165, 1.54) is 6.33 Å². The Morgan fingerprint density at radius 2 is 2.09 bits per heavy atom. The number of rotatable bonds is 6. The third-order valence-electron chi connectivity index (χ3n) is 3.51. The number of aryl methyl sites for hydroxylation is 1. The second-order valence-electron chi connectivity index (χ2n) is 5.32. The average Bonchev–Trinajstić information content (AvgIpc) is 2.49. The molecule has 6 heteroatoms. The van der Waals surface area contributed by atoms with Crippen LogP contribution in [0.1, 0.15) is 25.3 Å². The van der Waals surface area contributed by atoms with Crippen molar-refractivity contribution in [1.29, 1.82) is 0 Å². The van der Waals surface area contributed by atoms with Gasteiger partial charge in [0.05, 0.1) is 0 Å². The van der Waals surface area contributed by atoms with E-state index in [0.29, 0.717) is 16.5 Å². The number of nitrogens with two attached hydrogens (primary N) is 1. The highest BCUT2D eigenvalue weighted by Crippen LogP contribution is 2.29. The van der Waals surface area contributed by atoms with Gasteiger partial charge in [-0.2, -0.15) is 0 Å². The molecule has 1 aromatic carbocycles. The molecule has 118 valence electrons. The Morgan fingerprint density at radius 1 is 1.32 bits per heavy atom. The highest BCUT2D eigenvalue weighted by Gasteiger charge is 2.12. The van der Waals surface area contributed by atoms with Crippen LogP contribution < -0.4 is 16.0 Å². The Hall–Kier alpha value is -2.01. The van der Waals surface area contributed by atoms with E-state index in [1.807, 2.05) is 32.2 Å². The van der Waals surface area contributed by atoms with Crippen LogP contribution in [0.3, 0.4) is 0 Å². The molecule has 0 fully saturated rings. The van der Waals surface area contributed by atoms with Gasteiger partial charge in [-0.3, -0.25) is 0 Å². The lowest BCUT2D eigenvalue weighted by atomic mass is 10.2. The second-order valence-corrected chi connectivity index (χ2v) is 5.76. The Bertz CT molecular complexity index is 644. The van der Waals surface area contributed by atoms with Crippen molar-refractivity contribution < 1.29 is 0 Å². The number of aromatic nitrogens is 2. The van der Waals surface area contributed by atoms with Crippen molar-refractivity contribution in [2.45, 2.75) is 26.7 Å². The molecule has 1 heterocycles. The molecule has 0 bridgehead atoms. The smallest absolute Gasteiger partial charge is 0.159 e. The molecule has 0 amide bonds. The van der Waals surface area contributed by atoms with Gasteiger partial charge in [-0.15, -0.1) is 0 Å². The molecule has 3 N–H and O–H groups in total. The third kappa shape index (κ3) is 3.80. The number of hydrogen-bond donors (Lipinski definition) is 2. The molecule has 0 saturated heterocycles. The molecular weight excluding hydrogens is 298 g/mol. The molecule has 0 aliphatic heterocycles. The van der Waals surface area contributed by atoms with E-state index in [4.69, 9.17) is 17.3 Å². The quantitative estimate of drug-likeness (QED) is 0.842. The molecule has 1 aromatic heterocycles. The molecule has 2 rings (SSSR count). The first-order valence-corrected chi connectivity index (χ1v) is 7.75. The summed E-state index contributed by atoms with van der Waals surface area (Å²) in [6, 6.07) is 5.65. The number of nitrogens with zero attached hydrogens (tertiary/aromatic N) is 3. The van der Waals surface area contributed by atoms with Crippen LogP contribution in [0.25, 0.3) is 0 Å². The minimum absolute atomic E-state index is 0.551. The van der Waals surface area contributed by atoms with Crippen molar-refractivity contribution in [3.05, 3.63) is 35.1 Å². The van der Waals surface area contributed by atoms with Crippen molar-refractivity contribution in [2.24, 2.45) is 0 Å². The molecule has 0 unspecified atom stereocenters. The first-order valence-electron chi connectivity index (χ1n) is 7.37. The first-order chi connectivity index (χ1) is 10.5. The molecule has 0 aliphatic rings. The van der Waals surface area contributed by atoms with Gasteiger partial charge in [-0.25, -0.2) is 9.97 Å². The number of nitrogens with one attached hydrogen (secondary N) is 1. The van der Waals surface area contributed by atoms with E-state index in [9.17, 15) is 0 Å². The summed E-state index contributed by atoms with van der Waals surface area (Å²) in [6.07, 6.45) is 3.76. The fourth-order valence-electron chi connectivity index (χ4n) is 2.19. The largest absolute Gasteiger partial charge is 0.393 e. The van der Waals surface area contributed by atoms with Crippen molar-refractivity contribution in [3.8, 4) is 0 Å². The van der Waals surface area contributed by atoms with E-state index in [-0.39, 0.29) is 0 Å². The SMILES string of the molecule is CCCCN(C)c1ncnc(Nc2ccc(Cl)cc2C)c1N. The number of halogens is 1. The number of benzene rings is 1. The molecule has 5 nitrogen and oxygen atoms in total. The average molecular weight is 320 g/mol. The lowest BCUT2D eigenvalue weighted by Gasteiger charge is -2.21. The van der Waals surface area contributed by atoms with E-state index < -0.39 is 0 Å². The Kier molecular flexibility index (Phi) is 5.44. The van der Waals surface area contributed by atoms with Crippen molar-refractivity contribution in [2.75, 3.05) is 29.5 Å². The minimum Gasteiger partial charge on any atom is -0.393 e. The van der Waals surface area contributed by atoms with Crippen molar-refractivity contribution >= 4 is 34.6 Å².